The zero-order chi connectivity index (χ0) is 25.1. The highest BCUT2D eigenvalue weighted by atomic mass is 19.4. The summed E-state index contributed by atoms with van der Waals surface area (Å²) in [5.41, 5.74) is -0.0847. The summed E-state index contributed by atoms with van der Waals surface area (Å²) < 4.78 is 97.7. The number of hydrogen-bond donors (Lipinski definition) is 0. The summed E-state index contributed by atoms with van der Waals surface area (Å²) in [5, 5.41) is 0. The Hall–Kier alpha value is -3.38. The molecule has 184 valence electrons. The zero-order valence-electron chi connectivity index (χ0n) is 17.6. The summed E-state index contributed by atoms with van der Waals surface area (Å²) in [6.07, 6.45) is -4.92. The third-order valence-corrected chi connectivity index (χ3v) is 4.51. The first-order valence-electron chi connectivity index (χ1n) is 9.86. The van der Waals surface area contributed by atoms with Crippen molar-refractivity contribution in [2.45, 2.75) is 38.2 Å². The lowest BCUT2D eigenvalue weighted by Gasteiger charge is -2.19. The average molecular weight is 493 g/mol. The summed E-state index contributed by atoms with van der Waals surface area (Å²) in [5.74, 6) is -2.02. The molecule has 2 aromatic rings. The van der Waals surface area contributed by atoms with Crippen molar-refractivity contribution in [2.24, 2.45) is 0 Å². The van der Waals surface area contributed by atoms with Crippen molar-refractivity contribution in [2.75, 3.05) is 18.1 Å². The van der Waals surface area contributed by atoms with E-state index in [4.69, 9.17) is 4.74 Å². The Kier molecular flexibility index (Phi) is 7.32. The lowest BCUT2D eigenvalue weighted by Crippen LogP contribution is -2.32. The van der Waals surface area contributed by atoms with Crippen molar-refractivity contribution in [3.63, 3.8) is 0 Å². The van der Waals surface area contributed by atoms with Gasteiger partial charge in [-0.25, -0.2) is 14.4 Å². The number of carbonyl (C=O) groups is 1. The highest BCUT2D eigenvalue weighted by molar-refractivity contribution is 6.04. The number of rotatable bonds is 8. The van der Waals surface area contributed by atoms with Gasteiger partial charge in [-0.2, -0.15) is 26.3 Å². The molecule has 1 saturated carbocycles. The van der Waals surface area contributed by atoms with Crippen molar-refractivity contribution < 1.29 is 45.0 Å². The highest BCUT2D eigenvalue weighted by Crippen LogP contribution is 2.32. The molecular weight excluding hydrogens is 475 g/mol. The summed E-state index contributed by atoms with van der Waals surface area (Å²) in [7, 11) is 0. The molecule has 0 spiro atoms. The first-order valence-corrected chi connectivity index (χ1v) is 9.86. The second-order valence-corrected chi connectivity index (χ2v) is 7.38. The number of ether oxygens (including phenoxy) is 2. The lowest BCUT2D eigenvalue weighted by molar-refractivity contribution is -0.154. The van der Waals surface area contributed by atoms with Gasteiger partial charge in [-0.05, 0) is 38.0 Å². The van der Waals surface area contributed by atoms with Crippen LogP contribution in [0.15, 0.2) is 30.5 Å². The molecule has 1 fully saturated rings. The molecule has 0 N–H and O–H groups in total. The van der Waals surface area contributed by atoms with Gasteiger partial charge in [0.25, 0.3) is 5.91 Å². The Labute approximate surface area is 189 Å². The predicted molar refractivity (Wildman–Crippen MR) is 106 cm³/mol. The van der Waals surface area contributed by atoms with Crippen molar-refractivity contribution in [1.82, 2.24) is 9.97 Å². The van der Waals surface area contributed by atoms with Crippen molar-refractivity contribution in [1.29, 1.82) is 0 Å². The topological polar surface area (TPSA) is 64.6 Å². The van der Waals surface area contributed by atoms with E-state index >= 15 is 0 Å². The second-order valence-electron chi connectivity index (χ2n) is 7.38. The van der Waals surface area contributed by atoms with Gasteiger partial charge in [0.2, 0.25) is 5.88 Å². The molecule has 0 unspecified atom stereocenters. The van der Waals surface area contributed by atoms with E-state index in [9.17, 15) is 35.5 Å². The number of aromatic nitrogens is 2. The maximum Gasteiger partial charge on any atom is 0.422 e. The van der Waals surface area contributed by atoms with Crippen molar-refractivity contribution in [3.8, 4) is 11.6 Å². The fraction of sp³-hybridized carbons (Fsp3) is 0.381. The van der Waals surface area contributed by atoms with Crippen molar-refractivity contribution >= 4 is 17.8 Å². The van der Waals surface area contributed by atoms with E-state index < -0.39 is 48.9 Å². The van der Waals surface area contributed by atoms with E-state index in [1.165, 1.54) is 17.9 Å². The van der Waals surface area contributed by atoms with Crippen LogP contribution in [-0.2, 0) is 4.79 Å². The molecule has 0 saturated heterocycles. The van der Waals surface area contributed by atoms with Gasteiger partial charge in [0, 0.05) is 23.7 Å². The fourth-order valence-electron chi connectivity index (χ4n) is 2.84. The molecule has 3 rings (SSSR count). The quantitative estimate of drug-likeness (QED) is 0.382. The maximum atomic E-state index is 13.2. The normalized spacial score (nSPS) is 14.4. The predicted octanol–water partition coefficient (Wildman–Crippen LogP) is 5.02. The van der Waals surface area contributed by atoms with Crippen LogP contribution in [-0.4, -0.2) is 47.5 Å². The second kappa shape index (κ2) is 9.85. The molecule has 1 amide bonds. The van der Waals surface area contributed by atoms with E-state index in [2.05, 4.69) is 14.7 Å². The summed E-state index contributed by atoms with van der Waals surface area (Å²) in [6, 6.07) is 3.09. The Morgan fingerprint density at radius 1 is 1.12 bits per heavy atom. The standard InChI is InChI=1S/C21H18F7N3O3/c1-12-15(5-7-19(32)31(14-3-4-14)17-6-2-13(22)9-29-17)30-18(34-11-21(26,27)28)8-16(12)33-10-20(23,24)25/h2,5-9,14H,3-4,10-11H2,1H3/b7-5-. The third kappa shape index (κ3) is 7.32. The van der Waals surface area contributed by atoms with Crippen molar-refractivity contribution in [3.05, 3.63) is 47.5 Å². The van der Waals surface area contributed by atoms with Gasteiger partial charge in [-0.1, -0.05) is 0 Å². The fourth-order valence-corrected chi connectivity index (χ4v) is 2.84. The van der Waals surface area contributed by atoms with Crippen LogP contribution in [0.2, 0.25) is 0 Å². The van der Waals surface area contributed by atoms with Crippen LogP contribution in [0.3, 0.4) is 0 Å². The van der Waals surface area contributed by atoms with E-state index in [0.29, 0.717) is 12.8 Å². The first kappa shape index (κ1) is 25.2. The van der Waals surface area contributed by atoms with Gasteiger partial charge in [0.1, 0.15) is 17.4 Å². The largest absolute Gasteiger partial charge is 0.484 e. The molecule has 0 bridgehead atoms. The Morgan fingerprint density at radius 2 is 1.76 bits per heavy atom. The van der Waals surface area contributed by atoms with E-state index in [1.54, 1.807) is 0 Å². The summed E-state index contributed by atoms with van der Waals surface area (Å²) in [6.45, 7) is -2.09. The number of nitrogens with zero attached hydrogens (tertiary/aromatic N) is 3. The van der Waals surface area contributed by atoms with Gasteiger partial charge in [0.15, 0.2) is 13.2 Å². The minimum absolute atomic E-state index is 0.0468. The average Bonchev–Trinajstić information content (AvgIpc) is 3.56. The van der Waals surface area contributed by atoms with E-state index in [-0.39, 0.29) is 23.1 Å². The molecule has 34 heavy (non-hydrogen) atoms. The molecule has 2 aromatic heterocycles. The van der Waals surface area contributed by atoms with Crippen LogP contribution in [0, 0.1) is 12.7 Å². The monoisotopic (exact) mass is 493 g/mol. The highest BCUT2D eigenvalue weighted by Gasteiger charge is 2.34. The molecule has 0 aliphatic heterocycles. The van der Waals surface area contributed by atoms with Crippen LogP contribution in [0.25, 0.3) is 6.08 Å². The number of alkyl halides is 6. The third-order valence-electron chi connectivity index (χ3n) is 4.51. The van der Waals surface area contributed by atoms with Crippen LogP contribution in [0.1, 0.15) is 24.1 Å². The number of carbonyl (C=O) groups excluding carboxylic acids is 1. The SMILES string of the molecule is Cc1c(OCC(F)(F)F)cc(OCC(F)(F)F)nc1/C=C\C(=O)N(c1ccc(F)cn1)C1CC1. The smallest absolute Gasteiger partial charge is 0.422 e. The Morgan fingerprint density at radius 3 is 2.32 bits per heavy atom. The number of pyridine rings is 2. The molecule has 13 heteroatoms. The first-order chi connectivity index (χ1) is 15.8. The molecule has 6 nitrogen and oxygen atoms in total. The Balaban J connectivity index is 1.88. The van der Waals surface area contributed by atoms with Gasteiger partial charge < -0.3 is 9.47 Å². The van der Waals surface area contributed by atoms with Crippen LogP contribution >= 0.6 is 0 Å². The molecule has 0 aromatic carbocycles. The molecule has 1 aliphatic carbocycles. The molecule has 0 atom stereocenters. The molecule has 2 heterocycles. The molecular formula is C21H18F7N3O3. The van der Waals surface area contributed by atoms with E-state index in [1.807, 2.05) is 0 Å². The maximum absolute atomic E-state index is 13.2. The summed E-state index contributed by atoms with van der Waals surface area (Å²) in [4.78, 5) is 21.8. The molecule has 0 radical (unpaired) electrons. The van der Waals surface area contributed by atoms with E-state index in [0.717, 1.165) is 30.5 Å². The van der Waals surface area contributed by atoms with Gasteiger partial charge in [-0.3, -0.25) is 9.69 Å². The van der Waals surface area contributed by atoms with Crippen LogP contribution in [0.4, 0.5) is 36.6 Å². The number of anilines is 1. The lowest BCUT2D eigenvalue weighted by atomic mass is 10.1. The zero-order valence-corrected chi connectivity index (χ0v) is 17.6. The minimum Gasteiger partial charge on any atom is -0.484 e. The number of halogens is 7. The van der Waals surface area contributed by atoms with Crippen LogP contribution in [0.5, 0.6) is 11.6 Å². The molecule has 1 aliphatic rings. The number of hydrogen-bond acceptors (Lipinski definition) is 5. The van der Waals surface area contributed by atoms with Crippen LogP contribution < -0.4 is 14.4 Å². The minimum atomic E-state index is -4.71. The number of amides is 1. The van der Waals surface area contributed by atoms with Gasteiger partial charge in [0.05, 0.1) is 11.9 Å². The summed E-state index contributed by atoms with van der Waals surface area (Å²) >= 11 is 0. The van der Waals surface area contributed by atoms with Gasteiger partial charge in [-0.15, -0.1) is 0 Å². The van der Waals surface area contributed by atoms with Gasteiger partial charge >= 0.3 is 12.4 Å². The Bertz CT molecular complexity index is 1050.